The molecule has 2 heterocycles. The summed E-state index contributed by atoms with van der Waals surface area (Å²) in [5.41, 5.74) is -0.443. The zero-order valence-electron chi connectivity index (χ0n) is 11.1. The van der Waals surface area contributed by atoms with Gasteiger partial charge in [0.05, 0.1) is 0 Å². The lowest BCUT2D eigenvalue weighted by atomic mass is 9.93. The van der Waals surface area contributed by atoms with E-state index in [0.717, 1.165) is 0 Å². The van der Waals surface area contributed by atoms with Crippen LogP contribution in [-0.2, 0) is 16.1 Å². The average Bonchev–Trinajstić information content (AvgIpc) is 2.41. The van der Waals surface area contributed by atoms with Crippen LogP contribution >= 0.6 is 0 Å². The van der Waals surface area contributed by atoms with Gasteiger partial charge in [0.15, 0.2) is 0 Å². The van der Waals surface area contributed by atoms with Crippen molar-refractivity contribution in [2.75, 3.05) is 13.1 Å². The largest absolute Gasteiger partial charge is 0.481 e. The molecule has 0 unspecified atom stereocenters. The zero-order chi connectivity index (χ0) is 14.5. The first kappa shape index (κ1) is 14.2. The molecule has 0 bridgehead atoms. The summed E-state index contributed by atoms with van der Waals surface area (Å²) in [5.74, 6) is -0.789. The molecule has 0 aliphatic carbocycles. The highest BCUT2D eigenvalue weighted by molar-refractivity contribution is 5.76. The van der Waals surface area contributed by atoms with Gasteiger partial charge in [0, 0.05) is 31.9 Å². The minimum absolute atomic E-state index is 0.0176. The Morgan fingerprint density at radius 1 is 1.35 bits per heavy atom. The predicted octanol–water partition coefficient (Wildman–Crippen LogP) is -0.0434. The van der Waals surface area contributed by atoms with E-state index in [1.54, 1.807) is 11.0 Å². The molecule has 1 N–H and O–H groups in total. The van der Waals surface area contributed by atoms with Crippen LogP contribution < -0.4 is 5.69 Å². The van der Waals surface area contributed by atoms with Crippen LogP contribution in [0.4, 0.5) is 0 Å². The van der Waals surface area contributed by atoms with Crippen LogP contribution in [0.2, 0.25) is 0 Å². The second kappa shape index (κ2) is 6.31. The number of carbonyl (C=O) groups excluding carboxylic acids is 1. The summed E-state index contributed by atoms with van der Waals surface area (Å²) < 4.78 is 1.27. The third-order valence-electron chi connectivity index (χ3n) is 3.52. The fraction of sp³-hybridized carbons (Fsp3) is 0.538. The summed E-state index contributed by atoms with van der Waals surface area (Å²) in [7, 11) is 0. The molecule has 1 amide bonds. The lowest BCUT2D eigenvalue weighted by Gasteiger charge is -2.31. The van der Waals surface area contributed by atoms with Crippen molar-refractivity contribution < 1.29 is 14.7 Å². The molecule has 1 fully saturated rings. The van der Waals surface area contributed by atoms with Gasteiger partial charge in [-0.25, -0.2) is 9.78 Å². The molecule has 1 saturated heterocycles. The van der Waals surface area contributed by atoms with Crippen LogP contribution in [0.5, 0.6) is 0 Å². The van der Waals surface area contributed by atoms with Crippen molar-refractivity contribution in [2.24, 2.45) is 5.92 Å². The van der Waals surface area contributed by atoms with Crippen molar-refractivity contribution in [3.05, 3.63) is 28.9 Å². The average molecular weight is 279 g/mol. The maximum atomic E-state index is 12.1. The Morgan fingerprint density at radius 3 is 2.65 bits per heavy atom. The third kappa shape index (κ3) is 3.66. The molecule has 1 aliphatic heterocycles. The first-order valence-corrected chi connectivity index (χ1v) is 6.57. The number of piperidine rings is 1. The molecule has 0 saturated carbocycles. The topological polar surface area (TPSA) is 92.5 Å². The minimum atomic E-state index is -0.795. The molecule has 1 aromatic rings. The number of carbonyl (C=O) groups is 2. The van der Waals surface area contributed by atoms with Gasteiger partial charge in [-0.3, -0.25) is 14.2 Å². The number of carboxylic acids is 1. The Hall–Kier alpha value is -2.18. The summed E-state index contributed by atoms with van der Waals surface area (Å²) in [6.07, 6.45) is 4.47. The van der Waals surface area contributed by atoms with E-state index in [1.807, 2.05) is 0 Å². The van der Waals surface area contributed by atoms with Crippen molar-refractivity contribution in [3.63, 3.8) is 0 Å². The Labute approximate surface area is 115 Å². The van der Waals surface area contributed by atoms with E-state index in [9.17, 15) is 14.4 Å². The molecule has 0 aromatic carbocycles. The van der Waals surface area contributed by atoms with Gasteiger partial charge in [-0.15, -0.1) is 0 Å². The van der Waals surface area contributed by atoms with Crippen LogP contribution in [0.1, 0.15) is 19.3 Å². The Morgan fingerprint density at radius 2 is 2.05 bits per heavy atom. The number of rotatable bonds is 4. The van der Waals surface area contributed by atoms with Gasteiger partial charge in [-0.1, -0.05) is 0 Å². The van der Waals surface area contributed by atoms with Crippen LogP contribution in [0, 0.1) is 5.92 Å². The molecule has 0 atom stereocenters. The van der Waals surface area contributed by atoms with Crippen molar-refractivity contribution in [2.45, 2.75) is 25.8 Å². The van der Waals surface area contributed by atoms with Crippen LogP contribution in [-0.4, -0.2) is 44.5 Å². The van der Waals surface area contributed by atoms with Crippen LogP contribution in [0.15, 0.2) is 23.3 Å². The second-order valence-corrected chi connectivity index (χ2v) is 4.95. The molecule has 108 valence electrons. The number of nitrogens with zero attached hydrogens (tertiary/aromatic N) is 3. The van der Waals surface area contributed by atoms with E-state index in [2.05, 4.69) is 4.98 Å². The maximum Gasteiger partial charge on any atom is 0.347 e. The van der Waals surface area contributed by atoms with E-state index in [0.29, 0.717) is 25.9 Å². The molecular formula is C13H17N3O4. The third-order valence-corrected chi connectivity index (χ3v) is 3.52. The molecule has 7 heteroatoms. The summed E-state index contributed by atoms with van der Waals surface area (Å²) in [6.45, 7) is 1.08. The van der Waals surface area contributed by atoms with Gasteiger partial charge < -0.3 is 10.0 Å². The van der Waals surface area contributed by atoms with Gasteiger partial charge in [0.2, 0.25) is 5.91 Å². The number of hydrogen-bond donors (Lipinski definition) is 1. The van der Waals surface area contributed by atoms with Crippen molar-refractivity contribution in [1.29, 1.82) is 0 Å². The van der Waals surface area contributed by atoms with E-state index in [4.69, 9.17) is 5.11 Å². The summed E-state index contributed by atoms with van der Waals surface area (Å²) in [6, 6.07) is 1.60. The monoisotopic (exact) mass is 279 g/mol. The lowest BCUT2D eigenvalue weighted by molar-refractivity contribution is -0.138. The zero-order valence-corrected chi connectivity index (χ0v) is 11.1. The Bertz CT molecular complexity index is 547. The number of amides is 1. The van der Waals surface area contributed by atoms with Crippen LogP contribution in [0.25, 0.3) is 0 Å². The molecule has 20 heavy (non-hydrogen) atoms. The molecule has 7 nitrogen and oxygen atoms in total. The number of hydrogen-bond acceptors (Lipinski definition) is 4. The molecule has 2 rings (SSSR count). The Kier molecular flexibility index (Phi) is 4.49. The summed E-state index contributed by atoms with van der Waals surface area (Å²) >= 11 is 0. The lowest BCUT2D eigenvalue weighted by Crippen LogP contribution is -2.42. The predicted molar refractivity (Wildman–Crippen MR) is 70.1 cm³/mol. The quantitative estimate of drug-likeness (QED) is 0.834. The molecular weight excluding hydrogens is 262 g/mol. The van der Waals surface area contributed by atoms with Gasteiger partial charge >= 0.3 is 11.7 Å². The van der Waals surface area contributed by atoms with E-state index < -0.39 is 11.7 Å². The van der Waals surface area contributed by atoms with E-state index in [1.165, 1.54) is 17.0 Å². The highest BCUT2D eigenvalue weighted by Gasteiger charge is 2.24. The fourth-order valence-electron chi connectivity index (χ4n) is 2.39. The summed E-state index contributed by atoms with van der Waals surface area (Å²) in [4.78, 5) is 39.4. The van der Waals surface area contributed by atoms with E-state index in [-0.39, 0.29) is 24.8 Å². The fourth-order valence-corrected chi connectivity index (χ4v) is 2.39. The number of aromatic nitrogens is 2. The highest BCUT2D eigenvalue weighted by Crippen LogP contribution is 2.20. The first-order valence-electron chi connectivity index (χ1n) is 6.57. The smallest absolute Gasteiger partial charge is 0.347 e. The molecule has 0 radical (unpaired) electrons. The van der Waals surface area contributed by atoms with Crippen molar-refractivity contribution >= 4 is 11.9 Å². The number of likely N-dealkylation sites (tertiary alicyclic amines) is 1. The second-order valence-electron chi connectivity index (χ2n) is 4.95. The van der Waals surface area contributed by atoms with Crippen molar-refractivity contribution in [1.82, 2.24) is 14.5 Å². The molecule has 1 aliphatic rings. The normalized spacial score (nSPS) is 16.1. The number of aliphatic carboxylic acids is 1. The maximum absolute atomic E-state index is 12.1. The standard InChI is InChI=1S/C13H17N3O4/c17-11(9-16-5-1-4-14-13(16)20)15-6-2-10(3-7-15)8-12(18)19/h1,4-5,10H,2-3,6-9H2,(H,18,19). The molecule has 0 spiro atoms. The van der Waals surface area contributed by atoms with E-state index >= 15 is 0 Å². The Balaban J connectivity index is 1.88. The number of carboxylic acid groups (broad SMARTS) is 1. The van der Waals surface area contributed by atoms with Gasteiger partial charge in [-0.05, 0) is 24.8 Å². The first-order chi connectivity index (χ1) is 9.56. The van der Waals surface area contributed by atoms with Gasteiger partial charge in [0.1, 0.15) is 6.54 Å². The SMILES string of the molecule is O=C(O)CC1CCN(C(=O)Cn2cccnc2=O)CC1. The summed E-state index contributed by atoms with van der Waals surface area (Å²) in [5, 5.41) is 8.74. The van der Waals surface area contributed by atoms with Gasteiger partial charge in [-0.2, -0.15) is 0 Å². The van der Waals surface area contributed by atoms with Gasteiger partial charge in [0.25, 0.3) is 0 Å². The van der Waals surface area contributed by atoms with Crippen LogP contribution in [0.3, 0.4) is 0 Å². The minimum Gasteiger partial charge on any atom is -0.481 e. The van der Waals surface area contributed by atoms with Crippen molar-refractivity contribution in [3.8, 4) is 0 Å². The molecule has 1 aromatic heterocycles. The highest BCUT2D eigenvalue weighted by atomic mass is 16.4.